The van der Waals surface area contributed by atoms with Gasteiger partial charge in [-0.1, -0.05) is 37.8 Å². The Morgan fingerprint density at radius 3 is 2.62 bits per heavy atom. The Kier molecular flexibility index (Phi) is 3.64. The lowest BCUT2D eigenvalue weighted by Crippen LogP contribution is -2.14. The van der Waals surface area contributed by atoms with Crippen LogP contribution in [0, 0.1) is 0 Å². The Morgan fingerprint density at radius 1 is 1.44 bits per heavy atom. The lowest BCUT2D eigenvalue weighted by atomic mass is 9.96. The van der Waals surface area contributed by atoms with Crippen LogP contribution in [-0.4, -0.2) is 16.1 Å². The van der Waals surface area contributed by atoms with Gasteiger partial charge in [0.2, 0.25) is 0 Å². The van der Waals surface area contributed by atoms with Gasteiger partial charge in [-0.05, 0) is 19.3 Å². The Labute approximate surface area is 101 Å². The number of aromatic nitrogens is 2. The summed E-state index contributed by atoms with van der Waals surface area (Å²) < 4.78 is 1.86. The molecule has 0 atom stereocenters. The largest absolute Gasteiger partial charge is 0.298 e. The van der Waals surface area contributed by atoms with Crippen molar-refractivity contribution >= 4 is 17.9 Å². The molecule has 0 radical (unpaired) electrons. The van der Waals surface area contributed by atoms with Crippen molar-refractivity contribution in [3.63, 3.8) is 0 Å². The van der Waals surface area contributed by atoms with Crippen LogP contribution in [0.1, 0.15) is 61.1 Å². The molecule has 0 N–H and O–H groups in total. The third-order valence-electron chi connectivity index (χ3n) is 3.34. The third kappa shape index (κ3) is 2.01. The van der Waals surface area contributed by atoms with Crippen molar-refractivity contribution in [2.45, 2.75) is 51.5 Å². The van der Waals surface area contributed by atoms with Gasteiger partial charge in [0, 0.05) is 0 Å². The second-order valence-corrected chi connectivity index (χ2v) is 4.72. The zero-order valence-corrected chi connectivity index (χ0v) is 10.3. The van der Waals surface area contributed by atoms with Crippen molar-refractivity contribution in [1.82, 2.24) is 9.78 Å². The van der Waals surface area contributed by atoms with Crippen LogP contribution in [0.4, 0.5) is 0 Å². The molecule has 0 unspecified atom stereocenters. The molecule has 1 aliphatic carbocycles. The normalized spacial score (nSPS) is 17.6. The van der Waals surface area contributed by atoms with Crippen molar-refractivity contribution in [3.8, 4) is 0 Å². The summed E-state index contributed by atoms with van der Waals surface area (Å²) in [7, 11) is 0. The van der Waals surface area contributed by atoms with Gasteiger partial charge in [0.15, 0.2) is 6.29 Å². The van der Waals surface area contributed by atoms with Gasteiger partial charge in [0.05, 0.1) is 17.3 Å². The average Bonchev–Trinajstić information content (AvgIpc) is 2.66. The lowest BCUT2D eigenvalue weighted by Gasteiger charge is -2.22. The summed E-state index contributed by atoms with van der Waals surface area (Å²) in [6, 6.07) is 0.389. The molecule has 88 valence electrons. The molecular formula is C12H17ClN2O. The van der Waals surface area contributed by atoms with Crippen molar-refractivity contribution in [2.75, 3.05) is 0 Å². The van der Waals surface area contributed by atoms with E-state index in [9.17, 15) is 4.79 Å². The second-order valence-electron chi connectivity index (χ2n) is 4.36. The first kappa shape index (κ1) is 11.6. The molecular weight excluding hydrogens is 224 g/mol. The fourth-order valence-electron chi connectivity index (χ4n) is 2.42. The molecule has 1 fully saturated rings. The monoisotopic (exact) mass is 240 g/mol. The quantitative estimate of drug-likeness (QED) is 0.759. The molecule has 0 saturated heterocycles. The van der Waals surface area contributed by atoms with Crippen LogP contribution in [-0.2, 0) is 6.42 Å². The standard InChI is InChI=1S/C12H17ClN2O/c1-2-11-10(8-16)12(13)15(14-11)9-6-4-3-5-7-9/h8-9H,2-7H2,1H3. The average molecular weight is 241 g/mol. The maximum Gasteiger partial charge on any atom is 0.155 e. The Morgan fingerprint density at radius 2 is 2.12 bits per heavy atom. The lowest BCUT2D eigenvalue weighted by molar-refractivity contribution is 0.112. The molecule has 1 heterocycles. The first-order valence-corrected chi connectivity index (χ1v) is 6.37. The van der Waals surface area contributed by atoms with Crippen LogP contribution >= 0.6 is 11.6 Å². The summed E-state index contributed by atoms with van der Waals surface area (Å²) in [5, 5.41) is 5.00. The van der Waals surface area contributed by atoms with Gasteiger partial charge in [-0.2, -0.15) is 5.10 Å². The van der Waals surface area contributed by atoms with E-state index in [4.69, 9.17) is 11.6 Å². The van der Waals surface area contributed by atoms with Crippen LogP contribution in [0.2, 0.25) is 5.15 Å². The molecule has 1 saturated carbocycles. The van der Waals surface area contributed by atoms with E-state index in [1.54, 1.807) is 0 Å². The SMILES string of the molecule is CCc1nn(C2CCCCC2)c(Cl)c1C=O. The summed E-state index contributed by atoms with van der Waals surface area (Å²) >= 11 is 6.21. The van der Waals surface area contributed by atoms with Gasteiger partial charge in [-0.25, -0.2) is 4.68 Å². The highest BCUT2D eigenvalue weighted by molar-refractivity contribution is 6.32. The summed E-state index contributed by atoms with van der Waals surface area (Å²) in [4.78, 5) is 11.0. The molecule has 0 aromatic carbocycles. The van der Waals surface area contributed by atoms with E-state index in [0.29, 0.717) is 16.8 Å². The summed E-state index contributed by atoms with van der Waals surface area (Å²) in [5.74, 6) is 0. The van der Waals surface area contributed by atoms with Gasteiger partial charge in [-0.15, -0.1) is 0 Å². The molecule has 1 aromatic rings. The van der Waals surface area contributed by atoms with Crippen molar-refractivity contribution in [2.24, 2.45) is 0 Å². The summed E-state index contributed by atoms with van der Waals surface area (Å²) in [6.07, 6.45) is 7.61. The molecule has 0 aliphatic heterocycles. The topological polar surface area (TPSA) is 34.9 Å². The summed E-state index contributed by atoms with van der Waals surface area (Å²) in [5.41, 5.74) is 1.40. The van der Waals surface area contributed by atoms with Gasteiger partial charge in [0.1, 0.15) is 5.15 Å². The van der Waals surface area contributed by atoms with Gasteiger partial charge >= 0.3 is 0 Å². The third-order valence-corrected chi connectivity index (χ3v) is 3.71. The fraction of sp³-hybridized carbons (Fsp3) is 0.667. The van der Waals surface area contributed by atoms with E-state index in [-0.39, 0.29) is 0 Å². The molecule has 4 heteroatoms. The number of hydrogen-bond donors (Lipinski definition) is 0. The van der Waals surface area contributed by atoms with Crippen LogP contribution in [0.15, 0.2) is 0 Å². The zero-order chi connectivity index (χ0) is 11.5. The van der Waals surface area contributed by atoms with Crippen molar-refractivity contribution in [3.05, 3.63) is 16.4 Å². The molecule has 3 nitrogen and oxygen atoms in total. The van der Waals surface area contributed by atoms with Gasteiger partial charge in [0.25, 0.3) is 0 Å². The summed E-state index contributed by atoms with van der Waals surface area (Å²) in [6.45, 7) is 2.00. The number of nitrogens with zero attached hydrogens (tertiary/aromatic N) is 2. The van der Waals surface area contributed by atoms with E-state index in [1.807, 2.05) is 11.6 Å². The van der Waals surface area contributed by atoms with Crippen LogP contribution in [0.5, 0.6) is 0 Å². The molecule has 1 aromatic heterocycles. The maximum atomic E-state index is 11.0. The first-order valence-electron chi connectivity index (χ1n) is 6.00. The number of aryl methyl sites for hydroxylation is 1. The first-order chi connectivity index (χ1) is 7.77. The van der Waals surface area contributed by atoms with Crippen LogP contribution < -0.4 is 0 Å². The molecule has 1 aliphatic rings. The number of carbonyl (C=O) groups is 1. The highest BCUT2D eigenvalue weighted by Gasteiger charge is 2.22. The minimum absolute atomic E-state index is 0.389. The Bertz CT molecular complexity index is 381. The molecule has 0 spiro atoms. The smallest absolute Gasteiger partial charge is 0.155 e. The van der Waals surface area contributed by atoms with Crippen molar-refractivity contribution in [1.29, 1.82) is 0 Å². The van der Waals surface area contributed by atoms with E-state index in [0.717, 1.165) is 31.2 Å². The molecule has 0 amide bonds. The van der Waals surface area contributed by atoms with E-state index < -0.39 is 0 Å². The Hall–Kier alpha value is -0.830. The molecule has 2 rings (SSSR count). The predicted molar refractivity (Wildman–Crippen MR) is 64.1 cm³/mol. The molecule has 0 bridgehead atoms. The van der Waals surface area contributed by atoms with E-state index >= 15 is 0 Å². The minimum atomic E-state index is 0.389. The zero-order valence-electron chi connectivity index (χ0n) is 9.58. The van der Waals surface area contributed by atoms with E-state index in [2.05, 4.69) is 5.10 Å². The van der Waals surface area contributed by atoms with Crippen molar-refractivity contribution < 1.29 is 4.79 Å². The predicted octanol–water partition coefficient (Wildman–Crippen LogP) is 3.42. The van der Waals surface area contributed by atoms with Gasteiger partial charge in [-0.3, -0.25) is 4.79 Å². The van der Waals surface area contributed by atoms with Gasteiger partial charge < -0.3 is 0 Å². The van der Waals surface area contributed by atoms with E-state index in [1.165, 1.54) is 19.3 Å². The highest BCUT2D eigenvalue weighted by atomic mass is 35.5. The van der Waals surface area contributed by atoms with Crippen LogP contribution in [0.25, 0.3) is 0 Å². The number of rotatable bonds is 3. The fourth-order valence-corrected chi connectivity index (χ4v) is 2.75. The number of halogens is 1. The maximum absolute atomic E-state index is 11.0. The number of carbonyl (C=O) groups excluding carboxylic acids is 1. The molecule has 16 heavy (non-hydrogen) atoms. The minimum Gasteiger partial charge on any atom is -0.298 e. The van der Waals surface area contributed by atoms with Crippen LogP contribution in [0.3, 0.4) is 0 Å². The number of hydrogen-bond acceptors (Lipinski definition) is 2. The number of aldehydes is 1. The second kappa shape index (κ2) is 5.00. The Balaban J connectivity index is 2.32. The highest BCUT2D eigenvalue weighted by Crippen LogP contribution is 2.32.